The van der Waals surface area contributed by atoms with Crippen LogP contribution in [0.1, 0.15) is 10.4 Å². The lowest BCUT2D eigenvalue weighted by Gasteiger charge is -2.11. The van der Waals surface area contributed by atoms with Crippen LogP contribution in [0.2, 0.25) is 0 Å². The number of benzene rings is 2. The molecule has 0 aliphatic heterocycles. The summed E-state index contributed by atoms with van der Waals surface area (Å²) in [7, 11) is -4.02. The maximum absolute atomic E-state index is 13.7. The first-order valence-electron chi connectivity index (χ1n) is 5.44. The Bertz CT molecular complexity index is 788. The van der Waals surface area contributed by atoms with E-state index in [0.29, 0.717) is 0 Å². The van der Waals surface area contributed by atoms with Crippen LogP contribution in [0.25, 0.3) is 11.1 Å². The molecule has 0 saturated carbocycles. The molecule has 0 heterocycles. The maximum atomic E-state index is 13.7. The highest BCUT2D eigenvalue weighted by Crippen LogP contribution is 2.30. The molecule has 0 saturated heterocycles. The number of sulfonamides is 1. The van der Waals surface area contributed by atoms with Crippen LogP contribution in [0.5, 0.6) is 0 Å². The topological polar surface area (TPSA) is 103 Å². The maximum Gasteiger partial charge on any atom is 0.252 e. The molecule has 0 atom stereocenters. The first-order chi connectivity index (χ1) is 9.32. The normalized spacial score (nSPS) is 11.3. The van der Waals surface area contributed by atoms with E-state index in [1.165, 1.54) is 30.3 Å². The van der Waals surface area contributed by atoms with Gasteiger partial charge in [0.15, 0.2) is 0 Å². The third-order valence-corrected chi connectivity index (χ3v) is 3.65. The van der Waals surface area contributed by atoms with Gasteiger partial charge in [0.25, 0.3) is 5.91 Å². The number of nitrogens with two attached hydrogens (primary N) is 2. The van der Waals surface area contributed by atoms with E-state index < -0.39 is 27.3 Å². The van der Waals surface area contributed by atoms with Crippen molar-refractivity contribution in [3.8, 4) is 11.1 Å². The van der Waals surface area contributed by atoms with Gasteiger partial charge in [-0.05, 0) is 11.6 Å². The minimum absolute atomic E-state index is 0.0541. The summed E-state index contributed by atoms with van der Waals surface area (Å²) in [5, 5.41) is 5.11. The summed E-state index contributed by atoms with van der Waals surface area (Å²) in [6.07, 6.45) is 0. The Labute approximate surface area is 115 Å². The third kappa shape index (κ3) is 2.54. The Morgan fingerprint density at radius 1 is 1.15 bits per heavy atom. The highest BCUT2D eigenvalue weighted by atomic mass is 32.2. The predicted octanol–water partition coefficient (Wildman–Crippen LogP) is 1.04. The molecule has 1 radical (unpaired) electrons. The first kappa shape index (κ1) is 14.2. The Hall–Kier alpha value is -2.25. The molecule has 0 aliphatic carbocycles. The number of rotatable bonds is 3. The average Bonchev–Trinajstić information content (AvgIpc) is 2.37. The monoisotopic (exact) mass is 293 g/mol. The number of primary sulfonamides is 1. The molecule has 4 N–H and O–H groups in total. The fourth-order valence-corrected chi connectivity index (χ4v) is 2.63. The molecule has 2 rings (SSSR count). The summed E-state index contributed by atoms with van der Waals surface area (Å²) in [5.74, 6) is -1.96. The molecule has 2 aromatic carbocycles. The molecule has 1 amide bonds. The standard InChI is InChI=1S/C13H10FN2O3S/c14-10-6-3-5-9(12(10)13(15)17)8-4-1-2-7-11(8)20(16,18)19/h1-5,7H,(H2,15,17)(H2,16,18,19). The van der Waals surface area contributed by atoms with Gasteiger partial charge >= 0.3 is 0 Å². The smallest absolute Gasteiger partial charge is 0.252 e. The summed E-state index contributed by atoms with van der Waals surface area (Å²) in [4.78, 5) is 11.1. The van der Waals surface area contributed by atoms with Crippen molar-refractivity contribution < 1.29 is 17.6 Å². The fourth-order valence-electron chi connectivity index (χ4n) is 1.87. The second-order valence-corrected chi connectivity index (χ2v) is 5.52. The van der Waals surface area contributed by atoms with Crippen molar-refractivity contribution in [2.24, 2.45) is 10.9 Å². The van der Waals surface area contributed by atoms with E-state index in [0.717, 1.165) is 0 Å². The van der Waals surface area contributed by atoms with Gasteiger partial charge in [0.1, 0.15) is 5.82 Å². The number of halogens is 1. The molecular weight excluding hydrogens is 283 g/mol. The minimum atomic E-state index is -4.02. The van der Waals surface area contributed by atoms with Crippen LogP contribution in [-0.2, 0) is 10.0 Å². The van der Waals surface area contributed by atoms with Gasteiger partial charge in [0.05, 0.1) is 10.5 Å². The highest BCUT2D eigenvalue weighted by Gasteiger charge is 2.21. The highest BCUT2D eigenvalue weighted by molar-refractivity contribution is 7.89. The molecule has 0 fully saturated rings. The average molecular weight is 293 g/mol. The van der Waals surface area contributed by atoms with Gasteiger partial charge in [-0.25, -0.2) is 17.9 Å². The van der Waals surface area contributed by atoms with E-state index >= 15 is 0 Å². The number of carbonyl (C=O) groups is 1. The molecule has 5 nitrogen and oxygen atoms in total. The van der Waals surface area contributed by atoms with Gasteiger partial charge in [0, 0.05) is 11.6 Å². The Balaban J connectivity index is 2.84. The molecule has 0 spiro atoms. The summed E-state index contributed by atoms with van der Waals surface area (Å²) < 4.78 is 36.8. The predicted molar refractivity (Wildman–Crippen MR) is 70.6 cm³/mol. The lowest BCUT2D eigenvalue weighted by atomic mass is 9.99. The number of primary amides is 1. The largest absolute Gasteiger partial charge is 0.365 e. The molecule has 0 aliphatic rings. The molecule has 103 valence electrons. The third-order valence-electron chi connectivity index (χ3n) is 2.68. The second kappa shape index (κ2) is 5.03. The SMILES string of the molecule is NC(=O)c1c(F)[c]ccc1-c1ccccc1S(N)(=O)=O. The van der Waals surface area contributed by atoms with E-state index in [9.17, 15) is 17.6 Å². The summed E-state index contributed by atoms with van der Waals surface area (Å²) >= 11 is 0. The van der Waals surface area contributed by atoms with E-state index in [2.05, 4.69) is 6.07 Å². The van der Waals surface area contributed by atoms with Gasteiger partial charge in [-0.2, -0.15) is 0 Å². The Morgan fingerprint density at radius 3 is 2.40 bits per heavy atom. The van der Waals surface area contributed by atoms with Crippen LogP contribution in [0.15, 0.2) is 41.3 Å². The van der Waals surface area contributed by atoms with E-state index in [1.807, 2.05) is 0 Å². The Morgan fingerprint density at radius 2 is 1.80 bits per heavy atom. The fraction of sp³-hybridized carbons (Fsp3) is 0. The zero-order valence-corrected chi connectivity index (χ0v) is 10.9. The van der Waals surface area contributed by atoms with Crippen LogP contribution in [0.3, 0.4) is 0 Å². The van der Waals surface area contributed by atoms with Gasteiger partial charge < -0.3 is 5.73 Å². The summed E-state index contributed by atoms with van der Waals surface area (Å²) in [5.41, 5.74) is 4.87. The van der Waals surface area contributed by atoms with Crippen LogP contribution < -0.4 is 10.9 Å². The number of carbonyl (C=O) groups excluding carboxylic acids is 1. The van der Waals surface area contributed by atoms with Crippen molar-refractivity contribution in [1.82, 2.24) is 0 Å². The van der Waals surface area contributed by atoms with Crippen molar-refractivity contribution in [2.75, 3.05) is 0 Å². The van der Waals surface area contributed by atoms with Crippen molar-refractivity contribution in [3.63, 3.8) is 0 Å². The van der Waals surface area contributed by atoms with Gasteiger partial charge in [0.2, 0.25) is 10.0 Å². The molecule has 2 aromatic rings. The molecule has 0 bridgehead atoms. The quantitative estimate of drug-likeness (QED) is 0.883. The lowest BCUT2D eigenvalue weighted by molar-refractivity contribution is 0.0997. The first-order valence-corrected chi connectivity index (χ1v) is 6.99. The summed E-state index contributed by atoms with van der Waals surface area (Å²) in [6.45, 7) is 0. The van der Waals surface area contributed by atoms with E-state index in [-0.39, 0.29) is 16.0 Å². The van der Waals surface area contributed by atoms with Crippen LogP contribution in [0, 0.1) is 11.9 Å². The van der Waals surface area contributed by atoms with Gasteiger partial charge in [-0.15, -0.1) is 0 Å². The van der Waals surface area contributed by atoms with Crippen molar-refractivity contribution in [3.05, 3.63) is 53.8 Å². The van der Waals surface area contributed by atoms with Gasteiger partial charge in [-0.1, -0.05) is 30.3 Å². The number of amides is 1. The van der Waals surface area contributed by atoms with Crippen LogP contribution in [-0.4, -0.2) is 14.3 Å². The summed E-state index contributed by atoms with van der Waals surface area (Å²) in [6, 6.07) is 10.5. The molecule has 20 heavy (non-hydrogen) atoms. The zero-order chi connectivity index (χ0) is 14.9. The second-order valence-electron chi connectivity index (χ2n) is 3.99. The molecule has 7 heteroatoms. The zero-order valence-electron chi connectivity index (χ0n) is 10.1. The van der Waals surface area contributed by atoms with Crippen LogP contribution in [0.4, 0.5) is 4.39 Å². The van der Waals surface area contributed by atoms with Crippen molar-refractivity contribution >= 4 is 15.9 Å². The lowest BCUT2D eigenvalue weighted by Crippen LogP contribution is -2.17. The van der Waals surface area contributed by atoms with Crippen LogP contribution >= 0.6 is 0 Å². The number of hydrogen-bond acceptors (Lipinski definition) is 3. The van der Waals surface area contributed by atoms with Crippen molar-refractivity contribution in [1.29, 1.82) is 0 Å². The molecular formula is C13H10FN2O3S. The van der Waals surface area contributed by atoms with Crippen molar-refractivity contribution in [2.45, 2.75) is 4.90 Å². The Kier molecular flexibility index (Phi) is 3.56. The molecule has 0 aromatic heterocycles. The molecule has 0 unspecified atom stereocenters. The van der Waals surface area contributed by atoms with E-state index in [4.69, 9.17) is 10.9 Å². The van der Waals surface area contributed by atoms with Gasteiger partial charge in [-0.3, -0.25) is 4.79 Å². The number of hydrogen-bond donors (Lipinski definition) is 2. The van der Waals surface area contributed by atoms with E-state index in [1.54, 1.807) is 6.07 Å². The minimum Gasteiger partial charge on any atom is -0.365 e.